The third kappa shape index (κ3) is 4.85. The fourth-order valence-electron chi connectivity index (χ4n) is 3.14. The van der Waals surface area contributed by atoms with Gasteiger partial charge < -0.3 is 25.7 Å². The molecule has 4 N–H and O–H groups in total. The van der Waals surface area contributed by atoms with Crippen molar-refractivity contribution in [3.63, 3.8) is 0 Å². The Kier molecular flexibility index (Phi) is 6.91. The number of nitrogens with two attached hydrogens (primary N) is 1. The Labute approximate surface area is 180 Å². The van der Waals surface area contributed by atoms with Crippen molar-refractivity contribution in [2.45, 2.75) is 45.3 Å². The molecule has 3 aromatic heterocycles. The van der Waals surface area contributed by atoms with E-state index in [1.165, 1.54) is 30.0 Å². The van der Waals surface area contributed by atoms with Gasteiger partial charge in [0.2, 0.25) is 0 Å². The topological polar surface area (TPSA) is 129 Å². The van der Waals surface area contributed by atoms with Crippen molar-refractivity contribution in [3.05, 3.63) is 46.5 Å². The minimum absolute atomic E-state index is 0.0360. The summed E-state index contributed by atoms with van der Waals surface area (Å²) in [5.41, 5.74) is 6.10. The molecule has 166 valence electrons. The van der Waals surface area contributed by atoms with E-state index in [4.69, 9.17) is 10.5 Å². The van der Waals surface area contributed by atoms with Crippen molar-refractivity contribution < 1.29 is 9.53 Å². The highest BCUT2D eigenvalue weighted by Crippen LogP contribution is 2.21. The van der Waals surface area contributed by atoms with Gasteiger partial charge in [-0.2, -0.15) is 9.61 Å². The molecule has 1 amide bonds. The molecule has 1 aliphatic rings. The molecule has 3 heterocycles. The first-order valence-electron chi connectivity index (χ1n) is 10.2. The minimum Gasteiger partial charge on any atom is -0.381 e. The maximum Gasteiger partial charge on any atom is 0.274 e. The normalized spacial score (nSPS) is 13.5. The highest BCUT2D eigenvalue weighted by Gasteiger charge is 2.16. The Morgan fingerprint density at radius 2 is 2.10 bits per heavy atom. The summed E-state index contributed by atoms with van der Waals surface area (Å²) in [6.07, 6.45) is 7.66. The number of carbonyl (C=O) groups excluding carboxylic acids is 1. The smallest absolute Gasteiger partial charge is 0.274 e. The zero-order chi connectivity index (χ0) is 22.5. The summed E-state index contributed by atoms with van der Waals surface area (Å²) in [4.78, 5) is 28.5. The number of hydrogen-bond donors (Lipinski definition) is 3. The number of pyridine rings is 1. The van der Waals surface area contributed by atoms with E-state index in [0.717, 1.165) is 0 Å². The van der Waals surface area contributed by atoms with Crippen LogP contribution >= 0.6 is 0 Å². The number of anilines is 3. The van der Waals surface area contributed by atoms with E-state index in [0.29, 0.717) is 29.1 Å². The Bertz CT molecular complexity index is 1110. The number of fused-ring (bicyclic) bond motifs is 1. The van der Waals surface area contributed by atoms with E-state index >= 15 is 0 Å². The van der Waals surface area contributed by atoms with E-state index in [1.54, 1.807) is 43.1 Å². The summed E-state index contributed by atoms with van der Waals surface area (Å²) in [5.74, 6) is 0.377. The van der Waals surface area contributed by atoms with Crippen LogP contribution in [0.1, 0.15) is 49.5 Å². The zero-order valence-electron chi connectivity index (χ0n) is 18.3. The monoisotopic (exact) mass is 427 g/mol. The largest absolute Gasteiger partial charge is 0.381 e. The maximum absolute atomic E-state index is 12.5. The van der Waals surface area contributed by atoms with Crippen LogP contribution in [-0.2, 0) is 4.74 Å². The van der Waals surface area contributed by atoms with Gasteiger partial charge in [0.25, 0.3) is 11.5 Å². The van der Waals surface area contributed by atoms with Crippen LogP contribution < -0.4 is 21.9 Å². The van der Waals surface area contributed by atoms with Gasteiger partial charge in [-0.1, -0.05) is 0 Å². The number of rotatable bonds is 6. The third-order valence-electron chi connectivity index (χ3n) is 5.17. The molecule has 0 saturated heterocycles. The summed E-state index contributed by atoms with van der Waals surface area (Å²) >= 11 is 0. The molecule has 0 aromatic carbocycles. The van der Waals surface area contributed by atoms with E-state index in [9.17, 15) is 9.59 Å². The molecule has 10 nitrogen and oxygen atoms in total. The van der Waals surface area contributed by atoms with Gasteiger partial charge >= 0.3 is 0 Å². The van der Waals surface area contributed by atoms with Crippen LogP contribution in [0, 0.1) is 0 Å². The summed E-state index contributed by atoms with van der Waals surface area (Å²) in [6.45, 7) is 3.86. The van der Waals surface area contributed by atoms with Crippen LogP contribution in [0.2, 0.25) is 0 Å². The second-order valence-corrected chi connectivity index (χ2v) is 7.58. The lowest BCUT2D eigenvalue weighted by Gasteiger charge is -2.22. The fraction of sp³-hybridized carbons (Fsp3) is 0.429. The quantitative estimate of drug-likeness (QED) is 0.551. The number of amides is 1. The van der Waals surface area contributed by atoms with Gasteiger partial charge in [-0.3, -0.25) is 9.59 Å². The molecule has 31 heavy (non-hydrogen) atoms. The number of nitrogens with zero attached hydrogens (tertiary/aromatic N) is 4. The third-order valence-corrected chi connectivity index (χ3v) is 5.17. The molecule has 10 heteroatoms. The van der Waals surface area contributed by atoms with Crippen LogP contribution in [0.15, 0.2) is 35.4 Å². The van der Waals surface area contributed by atoms with E-state index in [2.05, 4.69) is 20.7 Å². The highest BCUT2D eigenvalue weighted by molar-refractivity contribution is 5.98. The molecule has 0 radical (unpaired) electrons. The molecule has 0 aliphatic heterocycles. The van der Waals surface area contributed by atoms with Gasteiger partial charge in [-0.15, -0.1) is 0 Å². The first-order valence-corrected chi connectivity index (χ1v) is 10.2. The van der Waals surface area contributed by atoms with Gasteiger partial charge in [0.15, 0.2) is 5.65 Å². The van der Waals surface area contributed by atoms with Gasteiger partial charge in [0.1, 0.15) is 22.9 Å². The second kappa shape index (κ2) is 9.61. The Balaban J connectivity index is 0.000000391. The van der Waals surface area contributed by atoms with Crippen molar-refractivity contribution in [3.8, 4) is 0 Å². The summed E-state index contributed by atoms with van der Waals surface area (Å²) < 4.78 is 8.08. The van der Waals surface area contributed by atoms with Crippen LogP contribution in [0.25, 0.3) is 5.65 Å². The number of aromatic nitrogens is 4. The van der Waals surface area contributed by atoms with Crippen LogP contribution in [0.5, 0.6) is 0 Å². The number of ether oxygens (including phenoxy) is 1. The fourth-order valence-corrected chi connectivity index (χ4v) is 3.14. The Morgan fingerprint density at radius 1 is 1.35 bits per heavy atom. The van der Waals surface area contributed by atoms with Crippen molar-refractivity contribution >= 4 is 28.9 Å². The maximum atomic E-state index is 12.5. The number of hydrogen-bond acceptors (Lipinski definition) is 7. The first kappa shape index (κ1) is 22.3. The van der Waals surface area contributed by atoms with Crippen molar-refractivity contribution in [2.24, 2.45) is 5.73 Å². The van der Waals surface area contributed by atoms with Gasteiger partial charge in [0, 0.05) is 32.5 Å². The SMILES string of the molecule is CNc1cc(Nc2cccn(C(C)C)c2=O)nc2c(C(N)=O)cnn12.COC1CCC1. The van der Waals surface area contributed by atoms with Crippen LogP contribution in [0.4, 0.5) is 17.3 Å². The van der Waals surface area contributed by atoms with Crippen molar-refractivity contribution in [1.82, 2.24) is 19.2 Å². The Morgan fingerprint density at radius 3 is 2.61 bits per heavy atom. The van der Waals surface area contributed by atoms with E-state index < -0.39 is 5.91 Å². The molecule has 1 fully saturated rings. The average Bonchev–Trinajstić information content (AvgIpc) is 3.12. The number of primary amides is 1. The molecular weight excluding hydrogens is 398 g/mol. The number of methoxy groups -OCH3 is 1. The highest BCUT2D eigenvalue weighted by atomic mass is 16.5. The lowest BCUT2D eigenvalue weighted by Crippen LogP contribution is -2.23. The molecule has 0 spiro atoms. The second-order valence-electron chi connectivity index (χ2n) is 7.58. The molecule has 0 bridgehead atoms. The van der Waals surface area contributed by atoms with Crippen LogP contribution in [0.3, 0.4) is 0 Å². The van der Waals surface area contributed by atoms with Crippen LogP contribution in [-0.4, -0.2) is 45.3 Å². The van der Waals surface area contributed by atoms with Crippen molar-refractivity contribution in [2.75, 3.05) is 24.8 Å². The molecule has 1 aliphatic carbocycles. The van der Waals surface area contributed by atoms with Gasteiger partial charge in [0.05, 0.1) is 12.3 Å². The lowest BCUT2D eigenvalue weighted by molar-refractivity contribution is 0.0412. The summed E-state index contributed by atoms with van der Waals surface area (Å²) in [6, 6.07) is 5.19. The lowest BCUT2D eigenvalue weighted by atomic mass is 9.96. The standard InChI is InChI=1S/C16H19N7O2.C5H10O/c1-9(2)22-6-4-5-11(16(22)25)20-12-7-13(18-3)23-15(21-12)10(8-19-23)14(17)24;1-6-5-3-2-4-5/h4-9,18H,1-3H3,(H2,17,24)(H,20,21);5H,2-4H2,1H3. The zero-order valence-corrected chi connectivity index (χ0v) is 18.3. The molecule has 0 atom stereocenters. The van der Waals surface area contributed by atoms with Gasteiger partial charge in [-0.05, 0) is 45.2 Å². The van der Waals surface area contributed by atoms with Crippen molar-refractivity contribution in [1.29, 1.82) is 0 Å². The van der Waals surface area contributed by atoms with E-state index in [1.807, 2.05) is 13.8 Å². The average molecular weight is 428 g/mol. The summed E-state index contributed by atoms with van der Waals surface area (Å²) in [7, 11) is 3.50. The molecule has 1 saturated carbocycles. The molecule has 3 aromatic rings. The summed E-state index contributed by atoms with van der Waals surface area (Å²) in [5, 5.41) is 10.1. The Hall–Kier alpha value is -3.40. The molecule has 0 unspecified atom stereocenters. The predicted octanol–water partition coefficient (Wildman–Crippen LogP) is 2.54. The molecular formula is C21H29N7O3. The van der Waals surface area contributed by atoms with Gasteiger partial charge in [-0.25, -0.2) is 4.98 Å². The predicted molar refractivity (Wildman–Crippen MR) is 120 cm³/mol. The first-order chi connectivity index (χ1) is 14.8. The number of nitrogens with one attached hydrogen (secondary N) is 2. The molecule has 4 rings (SSSR count). The van der Waals surface area contributed by atoms with E-state index in [-0.39, 0.29) is 17.2 Å². The number of carbonyl (C=O) groups is 1. The minimum atomic E-state index is -0.622.